The molecule has 0 fully saturated rings. The minimum atomic E-state index is 0.0444. The third-order valence-corrected chi connectivity index (χ3v) is 3.74. The van der Waals surface area contributed by atoms with Crippen LogP contribution in [0.15, 0.2) is 34.9 Å². The number of ether oxygens (including phenoxy) is 1. The Kier molecular flexibility index (Phi) is 4.57. The van der Waals surface area contributed by atoms with E-state index in [1.54, 1.807) is 12.3 Å². The minimum Gasteiger partial charge on any atom is -0.504 e. The molecule has 0 radical (unpaired) electrons. The second kappa shape index (κ2) is 6.20. The van der Waals surface area contributed by atoms with E-state index in [9.17, 15) is 5.11 Å². The van der Waals surface area contributed by atoms with E-state index in [2.05, 4.69) is 11.8 Å². The monoisotopic (exact) mass is 295 g/mol. The van der Waals surface area contributed by atoms with Crippen molar-refractivity contribution in [1.82, 2.24) is 4.90 Å². The summed E-state index contributed by atoms with van der Waals surface area (Å²) in [5, 5.41) is 10.2. The van der Waals surface area contributed by atoms with E-state index in [1.807, 2.05) is 19.2 Å². The van der Waals surface area contributed by atoms with Crippen LogP contribution in [0.2, 0.25) is 5.02 Å². The average molecular weight is 296 g/mol. The van der Waals surface area contributed by atoms with Crippen molar-refractivity contribution in [3.63, 3.8) is 0 Å². The van der Waals surface area contributed by atoms with E-state index in [-0.39, 0.29) is 11.8 Å². The van der Waals surface area contributed by atoms with Crippen molar-refractivity contribution < 1.29 is 14.3 Å². The summed E-state index contributed by atoms with van der Waals surface area (Å²) in [4.78, 5) is 2.11. The normalized spacial score (nSPS) is 12.7. The Labute approximate surface area is 123 Å². The number of benzene rings is 1. The van der Waals surface area contributed by atoms with Gasteiger partial charge in [-0.15, -0.1) is 0 Å². The molecule has 0 unspecified atom stereocenters. The van der Waals surface area contributed by atoms with Gasteiger partial charge in [0.1, 0.15) is 5.76 Å². The first-order valence-electron chi connectivity index (χ1n) is 6.32. The van der Waals surface area contributed by atoms with Crippen LogP contribution in [-0.2, 0) is 6.54 Å². The number of aromatic hydroxyl groups is 1. The Morgan fingerprint density at radius 3 is 2.80 bits per heavy atom. The fourth-order valence-electron chi connectivity index (χ4n) is 2.02. The predicted octanol–water partition coefficient (Wildman–Crippen LogP) is 3.84. The molecule has 0 saturated carbocycles. The summed E-state index contributed by atoms with van der Waals surface area (Å²) in [5.74, 6) is 1.36. The molecule has 1 N–H and O–H groups in total. The number of furan rings is 1. The molecule has 2 rings (SSSR count). The van der Waals surface area contributed by atoms with E-state index < -0.39 is 0 Å². The van der Waals surface area contributed by atoms with Gasteiger partial charge in [-0.3, -0.25) is 4.90 Å². The maximum absolute atomic E-state index is 9.67. The lowest BCUT2D eigenvalue weighted by molar-refractivity contribution is 0.223. The van der Waals surface area contributed by atoms with Gasteiger partial charge < -0.3 is 14.3 Å². The van der Waals surface area contributed by atoms with Crippen LogP contribution in [0, 0.1) is 0 Å². The summed E-state index contributed by atoms with van der Waals surface area (Å²) in [6.07, 6.45) is 1.66. The molecule has 0 spiro atoms. The average Bonchev–Trinajstić information content (AvgIpc) is 2.94. The lowest BCUT2D eigenvalue weighted by Crippen LogP contribution is -2.21. The second-order valence-corrected chi connectivity index (χ2v) is 5.13. The molecule has 108 valence electrons. The molecule has 5 heteroatoms. The number of phenolic OH excluding ortho intramolecular Hbond substituents is 1. The Hall–Kier alpha value is -1.65. The minimum absolute atomic E-state index is 0.0444. The molecule has 20 heavy (non-hydrogen) atoms. The van der Waals surface area contributed by atoms with Gasteiger partial charge in [-0.05, 0) is 37.7 Å². The molecule has 0 aliphatic heterocycles. The van der Waals surface area contributed by atoms with Crippen molar-refractivity contribution in [3.8, 4) is 11.5 Å². The van der Waals surface area contributed by atoms with E-state index in [4.69, 9.17) is 20.8 Å². The molecular formula is C15H18ClNO3. The molecule has 0 saturated heterocycles. The van der Waals surface area contributed by atoms with Gasteiger partial charge in [0.2, 0.25) is 0 Å². The Bertz CT molecular complexity index is 569. The summed E-state index contributed by atoms with van der Waals surface area (Å²) in [5.41, 5.74) is 0.891. The summed E-state index contributed by atoms with van der Waals surface area (Å²) in [6, 6.07) is 7.20. The fraction of sp³-hybridized carbons (Fsp3) is 0.333. The van der Waals surface area contributed by atoms with Crippen LogP contribution < -0.4 is 4.74 Å². The zero-order valence-electron chi connectivity index (χ0n) is 11.8. The highest BCUT2D eigenvalue weighted by molar-refractivity contribution is 6.31. The number of methoxy groups -OCH3 is 1. The quantitative estimate of drug-likeness (QED) is 0.910. The molecule has 0 amide bonds. The third-order valence-electron chi connectivity index (χ3n) is 3.38. The van der Waals surface area contributed by atoms with Crippen molar-refractivity contribution in [2.45, 2.75) is 19.5 Å². The molecule has 0 aliphatic rings. The lowest BCUT2D eigenvalue weighted by Gasteiger charge is -2.23. The first-order chi connectivity index (χ1) is 9.52. The van der Waals surface area contributed by atoms with Gasteiger partial charge in [0.15, 0.2) is 11.5 Å². The summed E-state index contributed by atoms with van der Waals surface area (Å²) >= 11 is 6.17. The van der Waals surface area contributed by atoms with Crippen LogP contribution in [0.4, 0.5) is 0 Å². The van der Waals surface area contributed by atoms with E-state index in [1.165, 1.54) is 13.2 Å². The van der Waals surface area contributed by atoms with Crippen LogP contribution in [-0.4, -0.2) is 24.2 Å². The topological polar surface area (TPSA) is 45.8 Å². The smallest absolute Gasteiger partial charge is 0.160 e. The van der Waals surface area contributed by atoms with Crippen molar-refractivity contribution in [2.24, 2.45) is 0 Å². The molecule has 1 aromatic heterocycles. The van der Waals surface area contributed by atoms with Gasteiger partial charge in [-0.2, -0.15) is 0 Å². The van der Waals surface area contributed by atoms with E-state index in [0.717, 1.165) is 11.3 Å². The van der Waals surface area contributed by atoms with Gasteiger partial charge in [-0.25, -0.2) is 0 Å². The maximum Gasteiger partial charge on any atom is 0.160 e. The molecule has 1 atom stereocenters. The predicted molar refractivity (Wildman–Crippen MR) is 78.3 cm³/mol. The van der Waals surface area contributed by atoms with Gasteiger partial charge in [0.05, 0.1) is 19.4 Å². The first-order valence-corrected chi connectivity index (χ1v) is 6.69. The standard InChI is InChI=1S/C15H18ClNO3/c1-10(14-5-4-6-20-14)17(2)9-11-7-15(19-3)13(18)8-12(11)16/h4-8,10,18H,9H2,1-3H3/t10-/m1/s1. The highest BCUT2D eigenvalue weighted by atomic mass is 35.5. The van der Waals surface area contributed by atoms with Crippen molar-refractivity contribution in [2.75, 3.05) is 14.2 Å². The maximum atomic E-state index is 9.67. The molecule has 1 aromatic carbocycles. The molecule has 0 bridgehead atoms. The van der Waals surface area contributed by atoms with Crippen LogP contribution in [0.5, 0.6) is 11.5 Å². The Morgan fingerprint density at radius 2 is 2.20 bits per heavy atom. The molecule has 0 aliphatic carbocycles. The number of phenols is 1. The van der Waals surface area contributed by atoms with E-state index >= 15 is 0 Å². The highest BCUT2D eigenvalue weighted by Gasteiger charge is 2.17. The Balaban J connectivity index is 2.17. The SMILES string of the molecule is COc1cc(CN(C)[C@H](C)c2ccco2)c(Cl)cc1O. The summed E-state index contributed by atoms with van der Waals surface area (Å²) in [6.45, 7) is 2.68. The van der Waals surface area contributed by atoms with Crippen LogP contribution >= 0.6 is 11.6 Å². The van der Waals surface area contributed by atoms with Crippen molar-refractivity contribution in [3.05, 3.63) is 46.9 Å². The summed E-state index contributed by atoms with van der Waals surface area (Å²) < 4.78 is 10.5. The third kappa shape index (κ3) is 3.08. The van der Waals surface area contributed by atoms with E-state index in [0.29, 0.717) is 17.3 Å². The van der Waals surface area contributed by atoms with Crippen molar-refractivity contribution in [1.29, 1.82) is 0 Å². The fourth-order valence-corrected chi connectivity index (χ4v) is 2.24. The van der Waals surface area contributed by atoms with Gasteiger partial charge in [0.25, 0.3) is 0 Å². The zero-order chi connectivity index (χ0) is 14.7. The number of nitrogens with zero attached hydrogens (tertiary/aromatic N) is 1. The van der Waals surface area contributed by atoms with Gasteiger partial charge in [0, 0.05) is 17.6 Å². The molecule has 4 nitrogen and oxygen atoms in total. The van der Waals surface area contributed by atoms with Crippen molar-refractivity contribution >= 4 is 11.6 Å². The second-order valence-electron chi connectivity index (χ2n) is 4.72. The number of halogens is 1. The summed E-state index contributed by atoms with van der Waals surface area (Å²) in [7, 11) is 3.50. The Morgan fingerprint density at radius 1 is 1.45 bits per heavy atom. The van der Waals surface area contributed by atoms with Gasteiger partial charge in [-0.1, -0.05) is 11.6 Å². The number of hydrogen-bond donors (Lipinski definition) is 1. The van der Waals surface area contributed by atoms with Crippen LogP contribution in [0.25, 0.3) is 0 Å². The number of hydrogen-bond acceptors (Lipinski definition) is 4. The number of rotatable bonds is 5. The highest BCUT2D eigenvalue weighted by Crippen LogP contribution is 2.33. The van der Waals surface area contributed by atoms with Crippen LogP contribution in [0.1, 0.15) is 24.3 Å². The first kappa shape index (κ1) is 14.8. The van der Waals surface area contributed by atoms with Crippen LogP contribution in [0.3, 0.4) is 0 Å². The van der Waals surface area contributed by atoms with Gasteiger partial charge >= 0.3 is 0 Å². The zero-order valence-corrected chi connectivity index (χ0v) is 12.5. The molecular weight excluding hydrogens is 278 g/mol. The molecule has 1 heterocycles. The lowest BCUT2D eigenvalue weighted by atomic mass is 10.1. The molecule has 2 aromatic rings. The largest absolute Gasteiger partial charge is 0.504 e.